The van der Waals surface area contributed by atoms with Crippen LogP contribution in [0.5, 0.6) is 0 Å². The van der Waals surface area contributed by atoms with Crippen molar-refractivity contribution in [1.29, 1.82) is 0 Å². The molecule has 0 aromatic carbocycles. The summed E-state index contributed by atoms with van der Waals surface area (Å²) in [5.74, 6) is 2.31. The Kier molecular flexibility index (Phi) is 4.71. The maximum Gasteiger partial charge on any atom is 0.0543 e. The SMILES string of the molecule is CCC[C@H]1[C@H](C)CC[C@H]2C[C@H](O)CC[C@@]21COC. The third-order valence-electron chi connectivity index (χ3n) is 5.72. The van der Waals surface area contributed by atoms with Crippen LogP contribution in [0.4, 0.5) is 0 Å². The predicted molar refractivity (Wildman–Crippen MR) is 74.5 cm³/mol. The average molecular weight is 254 g/mol. The zero-order valence-electron chi connectivity index (χ0n) is 12.3. The van der Waals surface area contributed by atoms with Crippen molar-refractivity contribution < 1.29 is 9.84 Å². The van der Waals surface area contributed by atoms with E-state index < -0.39 is 0 Å². The predicted octanol–water partition coefficient (Wildman–Crippen LogP) is 3.63. The van der Waals surface area contributed by atoms with Gasteiger partial charge in [-0.3, -0.25) is 0 Å². The number of hydrogen-bond acceptors (Lipinski definition) is 2. The summed E-state index contributed by atoms with van der Waals surface area (Å²) >= 11 is 0. The Bertz CT molecular complexity index is 266. The topological polar surface area (TPSA) is 29.5 Å². The molecule has 0 unspecified atom stereocenters. The highest BCUT2D eigenvalue weighted by atomic mass is 16.5. The first kappa shape index (κ1) is 14.3. The fourth-order valence-corrected chi connectivity index (χ4v) is 4.89. The van der Waals surface area contributed by atoms with Crippen molar-refractivity contribution in [3.8, 4) is 0 Å². The molecule has 0 heterocycles. The largest absolute Gasteiger partial charge is 0.393 e. The summed E-state index contributed by atoms with van der Waals surface area (Å²) in [6, 6.07) is 0. The molecule has 2 saturated carbocycles. The maximum atomic E-state index is 9.97. The number of ether oxygens (including phenoxy) is 1. The van der Waals surface area contributed by atoms with Crippen LogP contribution in [0.1, 0.15) is 58.8 Å². The summed E-state index contributed by atoms with van der Waals surface area (Å²) < 4.78 is 5.62. The first-order valence-corrected chi connectivity index (χ1v) is 7.81. The number of methoxy groups -OCH3 is 1. The van der Waals surface area contributed by atoms with Crippen molar-refractivity contribution in [3.05, 3.63) is 0 Å². The second-order valence-corrected chi connectivity index (χ2v) is 6.74. The van der Waals surface area contributed by atoms with E-state index in [4.69, 9.17) is 4.74 Å². The molecule has 0 aliphatic heterocycles. The standard InChI is InChI=1S/C16H30O2/c1-4-5-15-12(2)6-7-13-10-14(17)8-9-16(13,15)11-18-3/h12-15,17H,4-11H2,1-3H3/t12-,13+,14-,15+,16-/m1/s1. The number of aliphatic hydroxyl groups is 1. The lowest BCUT2D eigenvalue weighted by Crippen LogP contribution is -2.51. The second-order valence-electron chi connectivity index (χ2n) is 6.74. The Morgan fingerprint density at radius 3 is 2.72 bits per heavy atom. The van der Waals surface area contributed by atoms with Crippen molar-refractivity contribution in [3.63, 3.8) is 0 Å². The minimum atomic E-state index is -0.0596. The van der Waals surface area contributed by atoms with E-state index in [0.717, 1.165) is 31.3 Å². The molecule has 0 bridgehead atoms. The Morgan fingerprint density at radius 1 is 1.28 bits per heavy atom. The van der Waals surface area contributed by atoms with E-state index in [0.29, 0.717) is 11.3 Å². The third kappa shape index (κ3) is 2.46. The first-order chi connectivity index (χ1) is 8.64. The maximum absolute atomic E-state index is 9.97. The van der Waals surface area contributed by atoms with E-state index in [1.807, 2.05) is 7.11 Å². The summed E-state index contributed by atoms with van der Waals surface area (Å²) in [4.78, 5) is 0. The van der Waals surface area contributed by atoms with Crippen LogP contribution in [-0.2, 0) is 4.74 Å². The van der Waals surface area contributed by atoms with E-state index in [9.17, 15) is 5.11 Å². The highest BCUT2D eigenvalue weighted by Gasteiger charge is 2.51. The molecular formula is C16H30O2. The van der Waals surface area contributed by atoms with Crippen LogP contribution in [0.3, 0.4) is 0 Å². The highest BCUT2D eigenvalue weighted by Crippen LogP contribution is 2.56. The second kappa shape index (κ2) is 5.92. The van der Waals surface area contributed by atoms with Crippen molar-refractivity contribution in [2.45, 2.75) is 64.9 Å². The van der Waals surface area contributed by atoms with Crippen molar-refractivity contribution >= 4 is 0 Å². The van der Waals surface area contributed by atoms with Crippen LogP contribution in [0.2, 0.25) is 0 Å². The van der Waals surface area contributed by atoms with Crippen LogP contribution < -0.4 is 0 Å². The summed E-state index contributed by atoms with van der Waals surface area (Å²) in [5.41, 5.74) is 0.363. The Balaban J connectivity index is 2.24. The smallest absolute Gasteiger partial charge is 0.0543 e. The molecule has 2 rings (SSSR count). The van der Waals surface area contributed by atoms with E-state index >= 15 is 0 Å². The summed E-state index contributed by atoms with van der Waals surface area (Å²) in [7, 11) is 1.85. The van der Waals surface area contributed by atoms with Gasteiger partial charge in [-0.15, -0.1) is 0 Å². The monoisotopic (exact) mass is 254 g/mol. The van der Waals surface area contributed by atoms with Gasteiger partial charge in [0.15, 0.2) is 0 Å². The zero-order valence-corrected chi connectivity index (χ0v) is 12.3. The number of aliphatic hydroxyl groups excluding tert-OH is 1. The Hall–Kier alpha value is -0.0800. The van der Waals surface area contributed by atoms with Gasteiger partial charge in [-0.25, -0.2) is 0 Å². The molecule has 2 fully saturated rings. The normalized spacial score (nSPS) is 44.7. The summed E-state index contributed by atoms with van der Waals surface area (Å²) in [6.07, 6.45) is 8.34. The van der Waals surface area contributed by atoms with Crippen LogP contribution in [0.15, 0.2) is 0 Å². The molecule has 2 nitrogen and oxygen atoms in total. The fourth-order valence-electron chi connectivity index (χ4n) is 4.89. The van der Waals surface area contributed by atoms with Gasteiger partial charge in [0.25, 0.3) is 0 Å². The molecule has 0 spiro atoms. The minimum absolute atomic E-state index is 0.0596. The molecule has 2 aliphatic carbocycles. The van der Waals surface area contributed by atoms with E-state index in [1.165, 1.54) is 32.1 Å². The Labute approximate surface area is 112 Å². The molecule has 0 radical (unpaired) electrons. The molecular weight excluding hydrogens is 224 g/mol. The molecule has 0 saturated heterocycles. The number of hydrogen-bond donors (Lipinski definition) is 1. The van der Waals surface area contributed by atoms with Crippen LogP contribution in [-0.4, -0.2) is 24.9 Å². The van der Waals surface area contributed by atoms with Gasteiger partial charge in [0.05, 0.1) is 12.7 Å². The molecule has 106 valence electrons. The summed E-state index contributed by atoms with van der Waals surface area (Å²) in [5, 5.41) is 9.97. The quantitative estimate of drug-likeness (QED) is 0.830. The van der Waals surface area contributed by atoms with Gasteiger partial charge in [-0.05, 0) is 55.3 Å². The van der Waals surface area contributed by atoms with E-state index in [-0.39, 0.29) is 6.10 Å². The van der Waals surface area contributed by atoms with Gasteiger partial charge in [0, 0.05) is 7.11 Å². The fraction of sp³-hybridized carbons (Fsp3) is 1.00. The molecule has 5 atom stereocenters. The van der Waals surface area contributed by atoms with Gasteiger partial charge in [0.2, 0.25) is 0 Å². The van der Waals surface area contributed by atoms with Crippen molar-refractivity contribution in [2.75, 3.05) is 13.7 Å². The Morgan fingerprint density at radius 2 is 2.06 bits per heavy atom. The van der Waals surface area contributed by atoms with Gasteiger partial charge >= 0.3 is 0 Å². The van der Waals surface area contributed by atoms with Crippen LogP contribution >= 0.6 is 0 Å². The van der Waals surface area contributed by atoms with E-state index in [2.05, 4.69) is 13.8 Å². The van der Waals surface area contributed by atoms with E-state index in [1.54, 1.807) is 0 Å². The molecule has 0 aromatic heterocycles. The average Bonchev–Trinajstić information content (AvgIpc) is 2.35. The van der Waals surface area contributed by atoms with Gasteiger partial charge in [-0.2, -0.15) is 0 Å². The molecule has 1 N–H and O–H groups in total. The van der Waals surface area contributed by atoms with Crippen molar-refractivity contribution in [2.24, 2.45) is 23.2 Å². The number of fused-ring (bicyclic) bond motifs is 1. The lowest BCUT2D eigenvalue weighted by molar-refractivity contribution is -0.118. The van der Waals surface area contributed by atoms with Gasteiger partial charge < -0.3 is 9.84 Å². The van der Waals surface area contributed by atoms with Crippen LogP contribution in [0, 0.1) is 23.2 Å². The van der Waals surface area contributed by atoms with Gasteiger partial charge in [-0.1, -0.05) is 26.7 Å². The molecule has 0 amide bonds. The highest BCUT2D eigenvalue weighted by molar-refractivity contribution is 5.01. The zero-order chi connectivity index (χ0) is 13.2. The lowest BCUT2D eigenvalue weighted by atomic mass is 9.51. The molecule has 2 aliphatic rings. The first-order valence-electron chi connectivity index (χ1n) is 7.81. The third-order valence-corrected chi connectivity index (χ3v) is 5.72. The molecule has 18 heavy (non-hydrogen) atoms. The van der Waals surface area contributed by atoms with Gasteiger partial charge in [0.1, 0.15) is 0 Å². The lowest BCUT2D eigenvalue weighted by Gasteiger charge is -2.55. The number of rotatable bonds is 4. The van der Waals surface area contributed by atoms with Crippen molar-refractivity contribution in [1.82, 2.24) is 0 Å². The summed E-state index contributed by atoms with van der Waals surface area (Å²) in [6.45, 7) is 5.63. The van der Waals surface area contributed by atoms with Crippen LogP contribution in [0.25, 0.3) is 0 Å². The molecule has 2 heteroatoms. The minimum Gasteiger partial charge on any atom is -0.393 e. The molecule has 0 aromatic rings.